The SMILES string of the molecule is CCOCCOc1cccc(C(=O)N[C@H](C)c2ccc3ccccc3c2)c1. The molecule has 0 saturated heterocycles. The van der Waals surface area contributed by atoms with Gasteiger partial charge >= 0.3 is 0 Å². The first-order chi connectivity index (χ1) is 13.2. The summed E-state index contributed by atoms with van der Waals surface area (Å²) < 4.78 is 10.9. The van der Waals surface area contributed by atoms with Crippen LogP contribution in [0.15, 0.2) is 66.7 Å². The first kappa shape index (κ1) is 18.9. The number of amides is 1. The Morgan fingerprint density at radius 1 is 0.963 bits per heavy atom. The third-order valence-corrected chi connectivity index (χ3v) is 4.42. The van der Waals surface area contributed by atoms with Crippen molar-refractivity contribution < 1.29 is 14.3 Å². The third kappa shape index (κ3) is 5.08. The predicted octanol–water partition coefficient (Wildman–Crippen LogP) is 4.75. The fourth-order valence-electron chi connectivity index (χ4n) is 2.93. The molecular weight excluding hydrogens is 338 g/mol. The second-order valence-electron chi connectivity index (χ2n) is 6.37. The molecule has 0 aliphatic rings. The van der Waals surface area contributed by atoms with E-state index in [-0.39, 0.29) is 11.9 Å². The van der Waals surface area contributed by atoms with Gasteiger partial charge in [0.05, 0.1) is 12.6 Å². The van der Waals surface area contributed by atoms with Crippen LogP contribution in [0, 0.1) is 0 Å². The fourth-order valence-corrected chi connectivity index (χ4v) is 2.93. The molecular formula is C23H25NO3. The van der Waals surface area contributed by atoms with Crippen LogP contribution in [0.3, 0.4) is 0 Å². The molecule has 1 atom stereocenters. The van der Waals surface area contributed by atoms with Crippen LogP contribution in [-0.4, -0.2) is 25.7 Å². The highest BCUT2D eigenvalue weighted by molar-refractivity contribution is 5.95. The van der Waals surface area contributed by atoms with Crippen LogP contribution in [0.2, 0.25) is 0 Å². The second kappa shape index (κ2) is 9.19. The molecule has 4 nitrogen and oxygen atoms in total. The lowest BCUT2D eigenvalue weighted by Crippen LogP contribution is -2.26. The molecule has 0 unspecified atom stereocenters. The molecule has 0 aliphatic carbocycles. The van der Waals surface area contributed by atoms with Crippen molar-refractivity contribution in [2.24, 2.45) is 0 Å². The number of hydrogen-bond acceptors (Lipinski definition) is 3. The zero-order chi connectivity index (χ0) is 19.1. The summed E-state index contributed by atoms with van der Waals surface area (Å²) in [5.74, 6) is 0.548. The standard InChI is InChI=1S/C23H25NO3/c1-3-26-13-14-27-22-10-6-9-21(16-22)23(25)24-17(2)19-12-11-18-7-4-5-8-20(18)15-19/h4-12,15-17H,3,13-14H2,1-2H3,(H,24,25)/t17-/m1/s1. The minimum atomic E-state index is -0.120. The number of carbonyl (C=O) groups excluding carboxylic acids is 1. The molecule has 4 heteroatoms. The topological polar surface area (TPSA) is 47.6 Å². The third-order valence-electron chi connectivity index (χ3n) is 4.42. The van der Waals surface area contributed by atoms with Gasteiger partial charge in [0.25, 0.3) is 5.91 Å². The Morgan fingerprint density at radius 2 is 1.78 bits per heavy atom. The van der Waals surface area contributed by atoms with Gasteiger partial charge in [0.15, 0.2) is 0 Å². The fraction of sp³-hybridized carbons (Fsp3) is 0.261. The maximum absolute atomic E-state index is 12.6. The van der Waals surface area contributed by atoms with E-state index in [1.807, 2.05) is 38.1 Å². The lowest BCUT2D eigenvalue weighted by atomic mass is 10.0. The maximum Gasteiger partial charge on any atom is 0.251 e. The highest BCUT2D eigenvalue weighted by Crippen LogP contribution is 2.21. The van der Waals surface area contributed by atoms with Crippen molar-refractivity contribution in [3.63, 3.8) is 0 Å². The number of hydrogen-bond donors (Lipinski definition) is 1. The molecule has 0 saturated carbocycles. The maximum atomic E-state index is 12.6. The summed E-state index contributed by atoms with van der Waals surface area (Å²) in [7, 11) is 0. The Morgan fingerprint density at radius 3 is 2.59 bits per heavy atom. The summed E-state index contributed by atoms with van der Waals surface area (Å²) in [5.41, 5.74) is 1.66. The zero-order valence-electron chi connectivity index (χ0n) is 15.8. The Bertz CT molecular complexity index is 907. The lowest BCUT2D eigenvalue weighted by molar-refractivity contribution is 0.0938. The van der Waals surface area contributed by atoms with Crippen molar-refractivity contribution >= 4 is 16.7 Å². The number of ether oxygens (including phenoxy) is 2. The van der Waals surface area contributed by atoms with Gasteiger partial charge in [-0.05, 0) is 54.4 Å². The van der Waals surface area contributed by atoms with E-state index in [9.17, 15) is 4.79 Å². The number of nitrogens with one attached hydrogen (secondary N) is 1. The van der Waals surface area contributed by atoms with Gasteiger partial charge in [-0.3, -0.25) is 4.79 Å². The lowest BCUT2D eigenvalue weighted by Gasteiger charge is -2.16. The highest BCUT2D eigenvalue weighted by atomic mass is 16.5. The summed E-state index contributed by atoms with van der Waals surface area (Å²) in [6.07, 6.45) is 0. The van der Waals surface area contributed by atoms with E-state index >= 15 is 0 Å². The summed E-state index contributed by atoms with van der Waals surface area (Å²) in [6, 6.07) is 21.6. The molecule has 0 radical (unpaired) electrons. The molecule has 3 aromatic rings. The first-order valence-electron chi connectivity index (χ1n) is 9.27. The van der Waals surface area contributed by atoms with E-state index < -0.39 is 0 Å². The number of benzene rings is 3. The van der Waals surface area contributed by atoms with Crippen molar-refractivity contribution in [1.29, 1.82) is 0 Å². The molecule has 0 aromatic heterocycles. The van der Waals surface area contributed by atoms with Crippen molar-refractivity contribution in [3.05, 3.63) is 77.9 Å². The number of fused-ring (bicyclic) bond motifs is 1. The van der Waals surface area contributed by atoms with E-state index in [0.717, 1.165) is 5.56 Å². The van der Waals surface area contributed by atoms with Crippen LogP contribution in [-0.2, 0) is 4.74 Å². The smallest absolute Gasteiger partial charge is 0.251 e. The normalized spacial score (nSPS) is 11.9. The van der Waals surface area contributed by atoms with E-state index in [1.54, 1.807) is 12.1 Å². The first-order valence-corrected chi connectivity index (χ1v) is 9.27. The van der Waals surface area contributed by atoms with E-state index in [0.29, 0.717) is 31.1 Å². The van der Waals surface area contributed by atoms with Gasteiger partial charge in [-0.1, -0.05) is 42.5 Å². The average Bonchev–Trinajstić information content (AvgIpc) is 2.71. The Labute approximate surface area is 160 Å². The monoisotopic (exact) mass is 363 g/mol. The van der Waals surface area contributed by atoms with Gasteiger partial charge in [0.2, 0.25) is 0 Å². The van der Waals surface area contributed by atoms with Crippen LogP contribution in [0.1, 0.15) is 35.8 Å². The van der Waals surface area contributed by atoms with E-state index in [4.69, 9.17) is 9.47 Å². The van der Waals surface area contributed by atoms with Crippen molar-refractivity contribution in [3.8, 4) is 5.75 Å². The van der Waals surface area contributed by atoms with Gasteiger partial charge in [-0.25, -0.2) is 0 Å². The second-order valence-corrected chi connectivity index (χ2v) is 6.37. The molecule has 27 heavy (non-hydrogen) atoms. The Balaban J connectivity index is 1.65. The van der Waals surface area contributed by atoms with Crippen molar-refractivity contribution in [2.45, 2.75) is 19.9 Å². The predicted molar refractivity (Wildman–Crippen MR) is 108 cm³/mol. The van der Waals surface area contributed by atoms with E-state index in [1.165, 1.54) is 10.8 Å². The van der Waals surface area contributed by atoms with Crippen molar-refractivity contribution in [2.75, 3.05) is 19.8 Å². The zero-order valence-corrected chi connectivity index (χ0v) is 15.8. The van der Waals surface area contributed by atoms with Gasteiger partial charge < -0.3 is 14.8 Å². The Kier molecular flexibility index (Phi) is 6.44. The van der Waals surface area contributed by atoms with Crippen LogP contribution in [0.4, 0.5) is 0 Å². The quantitative estimate of drug-likeness (QED) is 0.588. The molecule has 1 amide bonds. The summed E-state index contributed by atoms with van der Waals surface area (Å²) in [6.45, 7) is 5.60. The molecule has 3 aromatic carbocycles. The molecule has 3 rings (SSSR count). The van der Waals surface area contributed by atoms with Crippen LogP contribution in [0.5, 0.6) is 5.75 Å². The van der Waals surface area contributed by atoms with Gasteiger partial charge in [0.1, 0.15) is 12.4 Å². The average molecular weight is 363 g/mol. The Hall–Kier alpha value is -2.85. The number of carbonyl (C=O) groups is 1. The summed E-state index contributed by atoms with van der Waals surface area (Å²) >= 11 is 0. The molecule has 0 aliphatic heterocycles. The molecule has 0 fully saturated rings. The number of rotatable bonds is 8. The van der Waals surface area contributed by atoms with Crippen LogP contribution in [0.25, 0.3) is 10.8 Å². The minimum Gasteiger partial charge on any atom is -0.491 e. The van der Waals surface area contributed by atoms with Crippen LogP contribution < -0.4 is 10.1 Å². The molecule has 0 heterocycles. The summed E-state index contributed by atoms with van der Waals surface area (Å²) in [5, 5.41) is 5.42. The largest absolute Gasteiger partial charge is 0.491 e. The van der Waals surface area contributed by atoms with Gasteiger partial charge in [0, 0.05) is 12.2 Å². The molecule has 0 bridgehead atoms. The molecule has 1 N–H and O–H groups in total. The minimum absolute atomic E-state index is 0.0929. The van der Waals surface area contributed by atoms with E-state index in [2.05, 4.69) is 35.6 Å². The summed E-state index contributed by atoms with van der Waals surface area (Å²) in [4.78, 5) is 12.6. The van der Waals surface area contributed by atoms with Gasteiger partial charge in [-0.15, -0.1) is 0 Å². The highest BCUT2D eigenvalue weighted by Gasteiger charge is 2.12. The molecule has 0 spiro atoms. The van der Waals surface area contributed by atoms with Crippen molar-refractivity contribution in [1.82, 2.24) is 5.32 Å². The van der Waals surface area contributed by atoms with Gasteiger partial charge in [-0.2, -0.15) is 0 Å². The van der Waals surface area contributed by atoms with Crippen LogP contribution >= 0.6 is 0 Å². The molecule has 140 valence electrons.